The average molecular weight is 481 g/mol. The molecule has 176 valence electrons. The predicted octanol–water partition coefficient (Wildman–Crippen LogP) is 3.87. The maximum atomic E-state index is 12.7. The SMILES string of the molecule is COc1ccc(-c2noc(-c3c(SC)nn(CC(=O)Nc4cc(C)ccc4OC)c3N)n2)cc1. The smallest absolute Gasteiger partial charge is 0.264 e. The molecule has 0 spiro atoms. The third-order valence-electron chi connectivity index (χ3n) is 5.06. The van der Waals surface area contributed by atoms with Crippen molar-refractivity contribution < 1.29 is 18.8 Å². The number of hydrogen-bond donors (Lipinski definition) is 2. The number of hydrogen-bond acceptors (Lipinski definition) is 9. The van der Waals surface area contributed by atoms with Crippen molar-refractivity contribution in [1.29, 1.82) is 0 Å². The van der Waals surface area contributed by atoms with Crippen LogP contribution in [0.25, 0.3) is 22.8 Å². The van der Waals surface area contributed by atoms with Gasteiger partial charge in [0.15, 0.2) is 0 Å². The highest BCUT2D eigenvalue weighted by molar-refractivity contribution is 7.98. The summed E-state index contributed by atoms with van der Waals surface area (Å²) >= 11 is 1.37. The average Bonchev–Trinajstić information content (AvgIpc) is 3.44. The molecule has 0 aliphatic rings. The van der Waals surface area contributed by atoms with E-state index >= 15 is 0 Å². The lowest BCUT2D eigenvalue weighted by molar-refractivity contribution is -0.116. The number of aryl methyl sites for hydroxylation is 1. The first-order valence-corrected chi connectivity index (χ1v) is 11.5. The lowest BCUT2D eigenvalue weighted by Gasteiger charge is -2.11. The van der Waals surface area contributed by atoms with E-state index in [0.29, 0.717) is 27.9 Å². The highest BCUT2D eigenvalue weighted by Gasteiger charge is 2.24. The molecular weight excluding hydrogens is 456 g/mol. The molecule has 0 bridgehead atoms. The third kappa shape index (κ3) is 4.69. The zero-order valence-electron chi connectivity index (χ0n) is 19.2. The van der Waals surface area contributed by atoms with E-state index in [0.717, 1.165) is 16.9 Å². The number of rotatable bonds is 8. The molecular formula is C23H24N6O4S. The van der Waals surface area contributed by atoms with Crippen LogP contribution in [0.1, 0.15) is 5.56 Å². The predicted molar refractivity (Wildman–Crippen MR) is 130 cm³/mol. The molecule has 10 nitrogen and oxygen atoms in total. The van der Waals surface area contributed by atoms with E-state index in [1.54, 1.807) is 20.3 Å². The molecule has 4 rings (SSSR count). The summed E-state index contributed by atoms with van der Waals surface area (Å²) in [5, 5.41) is 12.0. The number of ether oxygens (including phenoxy) is 2. The molecule has 3 N–H and O–H groups in total. The van der Waals surface area contributed by atoms with Gasteiger partial charge in [-0.1, -0.05) is 11.2 Å². The first-order chi connectivity index (χ1) is 16.4. The lowest BCUT2D eigenvalue weighted by atomic mass is 10.2. The Morgan fingerprint density at radius 3 is 2.62 bits per heavy atom. The van der Waals surface area contributed by atoms with Gasteiger partial charge in [0, 0.05) is 5.56 Å². The Kier molecular flexibility index (Phi) is 6.73. The summed E-state index contributed by atoms with van der Waals surface area (Å²) in [6, 6.07) is 12.8. The fourth-order valence-corrected chi connectivity index (χ4v) is 3.92. The van der Waals surface area contributed by atoms with Crippen molar-refractivity contribution in [2.75, 3.05) is 31.5 Å². The number of amides is 1. The second kappa shape index (κ2) is 9.87. The largest absolute Gasteiger partial charge is 0.497 e. The van der Waals surface area contributed by atoms with Gasteiger partial charge in [-0.15, -0.1) is 11.8 Å². The summed E-state index contributed by atoms with van der Waals surface area (Å²) < 4.78 is 17.4. The second-order valence-electron chi connectivity index (χ2n) is 7.33. The van der Waals surface area contributed by atoms with Crippen LogP contribution in [0.5, 0.6) is 11.5 Å². The number of nitrogens with two attached hydrogens (primary N) is 1. The van der Waals surface area contributed by atoms with Crippen LogP contribution in [0.4, 0.5) is 11.5 Å². The number of carbonyl (C=O) groups is 1. The molecule has 0 fully saturated rings. The Hall–Kier alpha value is -3.99. The molecule has 2 aromatic heterocycles. The Labute approximate surface area is 200 Å². The fraction of sp³-hybridized carbons (Fsp3) is 0.217. The number of methoxy groups -OCH3 is 2. The number of nitrogens with one attached hydrogen (secondary N) is 1. The van der Waals surface area contributed by atoms with Crippen LogP contribution in [0.3, 0.4) is 0 Å². The van der Waals surface area contributed by atoms with Crippen LogP contribution < -0.4 is 20.5 Å². The molecule has 1 amide bonds. The van der Waals surface area contributed by atoms with Crippen LogP contribution in [0.2, 0.25) is 0 Å². The van der Waals surface area contributed by atoms with Gasteiger partial charge in [0.05, 0.1) is 19.9 Å². The summed E-state index contributed by atoms with van der Waals surface area (Å²) in [7, 11) is 3.15. The minimum Gasteiger partial charge on any atom is -0.497 e. The lowest BCUT2D eigenvalue weighted by Crippen LogP contribution is -2.21. The molecule has 34 heavy (non-hydrogen) atoms. The van der Waals surface area contributed by atoms with Crippen molar-refractivity contribution >= 4 is 29.2 Å². The Morgan fingerprint density at radius 2 is 1.94 bits per heavy atom. The molecule has 0 atom stereocenters. The van der Waals surface area contributed by atoms with E-state index in [-0.39, 0.29) is 24.2 Å². The van der Waals surface area contributed by atoms with Gasteiger partial charge in [0.25, 0.3) is 5.89 Å². The number of carbonyl (C=O) groups excluding carboxylic acids is 1. The van der Waals surface area contributed by atoms with Crippen molar-refractivity contribution in [2.45, 2.75) is 18.5 Å². The Bertz CT molecular complexity index is 1320. The number of anilines is 2. The fourth-order valence-electron chi connectivity index (χ4n) is 3.34. The van der Waals surface area contributed by atoms with Crippen LogP contribution in [0.15, 0.2) is 52.0 Å². The van der Waals surface area contributed by atoms with Gasteiger partial charge in [0.2, 0.25) is 11.7 Å². The third-order valence-corrected chi connectivity index (χ3v) is 5.74. The van der Waals surface area contributed by atoms with E-state index in [1.807, 2.05) is 49.6 Å². The van der Waals surface area contributed by atoms with Gasteiger partial charge in [-0.05, 0) is 55.1 Å². The van der Waals surface area contributed by atoms with Crippen molar-refractivity contribution in [1.82, 2.24) is 19.9 Å². The summed E-state index contributed by atoms with van der Waals surface area (Å²) in [4.78, 5) is 17.2. The van der Waals surface area contributed by atoms with E-state index in [9.17, 15) is 4.79 Å². The van der Waals surface area contributed by atoms with Crippen LogP contribution >= 0.6 is 11.8 Å². The van der Waals surface area contributed by atoms with Crippen LogP contribution in [0, 0.1) is 6.92 Å². The van der Waals surface area contributed by atoms with Gasteiger partial charge >= 0.3 is 0 Å². The number of aromatic nitrogens is 4. The first kappa shape index (κ1) is 23.2. The highest BCUT2D eigenvalue weighted by Crippen LogP contribution is 2.35. The van der Waals surface area contributed by atoms with E-state index in [4.69, 9.17) is 19.7 Å². The molecule has 0 aliphatic carbocycles. The van der Waals surface area contributed by atoms with Gasteiger partial charge in [-0.2, -0.15) is 10.1 Å². The summed E-state index contributed by atoms with van der Waals surface area (Å²) in [5.74, 6) is 1.86. The van der Waals surface area contributed by atoms with E-state index in [1.165, 1.54) is 16.4 Å². The Balaban J connectivity index is 1.58. The topological polar surface area (TPSA) is 130 Å². The van der Waals surface area contributed by atoms with Gasteiger partial charge in [-0.3, -0.25) is 4.79 Å². The Morgan fingerprint density at radius 1 is 1.18 bits per heavy atom. The standard InChI is InChI=1S/C23H24N6O4S/c1-13-5-10-17(32-3)16(11-13)25-18(30)12-29-20(24)19(23(27-29)34-4)22-26-21(28-33-22)14-6-8-15(31-2)9-7-14/h5-11H,12,24H2,1-4H3,(H,25,30). The van der Waals surface area contributed by atoms with E-state index in [2.05, 4.69) is 20.6 Å². The molecule has 0 unspecified atom stereocenters. The minimum atomic E-state index is -0.304. The second-order valence-corrected chi connectivity index (χ2v) is 8.13. The van der Waals surface area contributed by atoms with Crippen LogP contribution in [-0.2, 0) is 11.3 Å². The van der Waals surface area contributed by atoms with Crippen molar-refractivity contribution in [3.8, 4) is 34.3 Å². The number of thioether (sulfide) groups is 1. The van der Waals surface area contributed by atoms with Crippen molar-refractivity contribution in [3.63, 3.8) is 0 Å². The normalized spacial score (nSPS) is 10.8. The molecule has 11 heteroatoms. The summed E-state index contributed by atoms with van der Waals surface area (Å²) in [5.41, 5.74) is 9.17. The zero-order valence-corrected chi connectivity index (χ0v) is 20.0. The monoisotopic (exact) mass is 480 g/mol. The van der Waals surface area contributed by atoms with Crippen molar-refractivity contribution in [3.05, 3.63) is 48.0 Å². The zero-order chi connectivity index (χ0) is 24.2. The summed E-state index contributed by atoms with van der Waals surface area (Å²) in [6.45, 7) is 1.83. The number of nitrogens with zero attached hydrogens (tertiary/aromatic N) is 4. The molecule has 0 aliphatic heterocycles. The molecule has 0 radical (unpaired) electrons. The van der Waals surface area contributed by atoms with Crippen LogP contribution in [-0.4, -0.2) is 46.3 Å². The number of benzene rings is 2. The maximum Gasteiger partial charge on any atom is 0.264 e. The molecule has 4 aromatic rings. The van der Waals surface area contributed by atoms with E-state index < -0.39 is 0 Å². The highest BCUT2D eigenvalue weighted by atomic mass is 32.2. The molecule has 2 heterocycles. The molecule has 2 aromatic carbocycles. The maximum absolute atomic E-state index is 12.7. The minimum absolute atomic E-state index is 0.101. The van der Waals surface area contributed by atoms with Gasteiger partial charge in [0.1, 0.15) is 34.5 Å². The van der Waals surface area contributed by atoms with Crippen molar-refractivity contribution in [2.24, 2.45) is 0 Å². The first-order valence-electron chi connectivity index (χ1n) is 10.3. The summed E-state index contributed by atoms with van der Waals surface area (Å²) in [6.07, 6.45) is 1.86. The van der Waals surface area contributed by atoms with Gasteiger partial charge < -0.3 is 25.0 Å². The molecule has 0 saturated carbocycles. The quantitative estimate of drug-likeness (QED) is 0.361. The van der Waals surface area contributed by atoms with Gasteiger partial charge in [-0.25, -0.2) is 4.68 Å². The number of nitrogen functional groups attached to an aromatic ring is 1. The molecule has 0 saturated heterocycles.